The van der Waals surface area contributed by atoms with Crippen molar-refractivity contribution in [2.45, 2.75) is 25.8 Å². The van der Waals surface area contributed by atoms with Crippen LogP contribution in [0.15, 0.2) is 53.3 Å². The number of rotatable bonds is 5. The highest BCUT2D eigenvalue weighted by Crippen LogP contribution is 2.29. The molecular weight excluding hydrogens is 358 g/mol. The minimum absolute atomic E-state index is 0.0553. The van der Waals surface area contributed by atoms with Gasteiger partial charge in [-0.25, -0.2) is 4.68 Å². The van der Waals surface area contributed by atoms with Gasteiger partial charge >= 0.3 is 0 Å². The second-order valence-electron chi connectivity index (χ2n) is 6.60. The van der Waals surface area contributed by atoms with Crippen molar-refractivity contribution in [3.63, 3.8) is 0 Å². The number of hydrogen-bond donors (Lipinski definition) is 1. The zero-order chi connectivity index (χ0) is 19.5. The molecule has 1 fully saturated rings. The number of nitrogens with one attached hydrogen (secondary N) is 1. The lowest BCUT2D eigenvalue weighted by Crippen LogP contribution is -2.27. The van der Waals surface area contributed by atoms with Crippen molar-refractivity contribution in [2.75, 3.05) is 16.8 Å². The van der Waals surface area contributed by atoms with Crippen LogP contribution in [0, 0.1) is 0 Å². The molecule has 1 saturated heterocycles. The van der Waals surface area contributed by atoms with E-state index in [1.165, 1.54) is 4.68 Å². The van der Waals surface area contributed by atoms with Crippen molar-refractivity contribution in [2.24, 2.45) is 0 Å². The molecule has 2 aromatic carbocycles. The van der Waals surface area contributed by atoms with E-state index in [0.717, 1.165) is 6.42 Å². The smallest absolute Gasteiger partial charge is 0.277 e. The van der Waals surface area contributed by atoms with Gasteiger partial charge in [-0.05, 0) is 30.7 Å². The number of carbonyl (C=O) groups is 2. The van der Waals surface area contributed by atoms with Gasteiger partial charge in [0.1, 0.15) is 5.52 Å². The predicted molar refractivity (Wildman–Crippen MR) is 105 cm³/mol. The van der Waals surface area contributed by atoms with Gasteiger partial charge in [0.25, 0.3) is 5.56 Å². The number of aromatic nitrogens is 3. The zero-order valence-corrected chi connectivity index (χ0v) is 15.2. The third-order valence-electron chi connectivity index (χ3n) is 4.72. The summed E-state index contributed by atoms with van der Waals surface area (Å²) in [5.74, 6) is -0.208. The summed E-state index contributed by atoms with van der Waals surface area (Å²) in [5.41, 5.74) is 1.53. The molecule has 0 spiro atoms. The van der Waals surface area contributed by atoms with Gasteiger partial charge in [0.15, 0.2) is 0 Å². The molecule has 1 N–H and O–H groups in total. The maximum absolute atomic E-state index is 12.4. The summed E-state index contributed by atoms with van der Waals surface area (Å²) < 4.78 is 1.19. The van der Waals surface area contributed by atoms with E-state index in [-0.39, 0.29) is 30.3 Å². The maximum atomic E-state index is 12.4. The Balaban J connectivity index is 1.47. The van der Waals surface area contributed by atoms with Crippen molar-refractivity contribution in [1.82, 2.24) is 15.0 Å². The van der Waals surface area contributed by atoms with Gasteiger partial charge in [0, 0.05) is 19.4 Å². The SMILES string of the molecule is O=C(CCn1nnc2ccccc2c1=O)Nc1ccccc1N1CCCC1=O. The molecule has 8 heteroatoms. The van der Waals surface area contributed by atoms with Crippen LogP contribution in [-0.2, 0) is 16.1 Å². The van der Waals surface area contributed by atoms with Crippen LogP contribution in [0.4, 0.5) is 11.4 Å². The first-order valence-electron chi connectivity index (χ1n) is 9.15. The normalized spacial score (nSPS) is 13.9. The lowest BCUT2D eigenvalue weighted by atomic mass is 10.2. The fourth-order valence-corrected chi connectivity index (χ4v) is 3.31. The highest BCUT2D eigenvalue weighted by molar-refractivity contribution is 6.02. The molecule has 2 amide bonds. The number of aryl methyl sites for hydroxylation is 1. The summed E-state index contributed by atoms with van der Waals surface area (Å²) in [6.07, 6.45) is 1.39. The first-order valence-corrected chi connectivity index (χ1v) is 9.15. The van der Waals surface area contributed by atoms with E-state index in [9.17, 15) is 14.4 Å². The number of para-hydroxylation sites is 2. The molecule has 1 aromatic heterocycles. The first-order chi connectivity index (χ1) is 13.6. The number of benzene rings is 2. The van der Waals surface area contributed by atoms with Gasteiger partial charge in [0.05, 0.1) is 23.3 Å². The third-order valence-corrected chi connectivity index (χ3v) is 4.72. The Morgan fingerprint density at radius 3 is 2.68 bits per heavy atom. The number of anilines is 2. The molecule has 8 nitrogen and oxygen atoms in total. The topological polar surface area (TPSA) is 97.2 Å². The summed E-state index contributed by atoms with van der Waals surface area (Å²) in [4.78, 5) is 38.6. The van der Waals surface area contributed by atoms with E-state index >= 15 is 0 Å². The second-order valence-corrected chi connectivity index (χ2v) is 6.60. The van der Waals surface area contributed by atoms with Crippen LogP contribution in [0.25, 0.3) is 10.9 Å². The molecule has 0 atom stereocenters. The number of hydrogen-bond acceptors (Lipinski definition) is 5. The lowest BCUT2D eigenvalue weighted by molar-refractivity contribution is -0.117. The minimum atomic E-state index is -0.276. The van der Waals surface area contributed by atoms with E-state index in [4.69, 9.17) is 0 Å². The Hall–Kier alpha value is -3.55. The van der Waals surface area contributed by atoms with Crippen LogP contribution in [0.2, 0.25) is 0 Å². The highest BCUT2D eigenvalue weighted by Gasteiger charge is 2.24. The molecule has 0 aliphatic carbocycles. The number of amides is 2. The lowest BCUT2D eigenvalue weighted by Gasteiger charge is -2.20. The van der Waals surface area contributed by atoms with Crippen molar-refractivity contribution in [3.8, 4) is 0 Å². The van der Waals surface area contributed by atoms with Gasteiger partial charge in [-0.3, -0.25) is 14.4 Å². The quantitative estimate of drug-likeness (QED) is 0.733. The van der Waals surface area contributed by atoms with Crippen LogP contribution in [0.5, 0.6) is 0 Å². The number of carbonyl (C=O) groups excluding carboxylic acids is 2. The Kier molecular flexibility index (Phi) is 4.84. The molecule has 0 saturated carbocycles. The summed E-state index contributed by atoms with van der Waals surface area (Å²) in [7, 11) is 0. The van der Waals surface area contributed by atoms with Gasteiger partial charge in [-0.1, -0.05) is 29.5 Å². The standard InChI is InChI=1S/C20H19N5O3/c26-18(11-13-25-20(28)14-6-1-2-7-15(14)22-23-25)21-16-8-3-4-9-17(16)24-12-5-10-19(24)27/h1-4,6-9H,5,10-13H2,(H,21,26). The van der Waals surface area contributed by atoms with Crippen molar-refractivity contribution in [3.05, 3.63) is 58.9 Å². The predicted octanol–water partition coefficient (Wildman–Crippen LogP) is 1.95. The summed E-state index contributed by atoms with van der Waals surface area (Å²) in [6.45, 7) is 0.765. The van der Waals surface area contributed by atoms with Gasteiger partial charge < -0.3 is 10.2 Å². The fraction of sp³-hybridized carbons (Fsp3) is 0.250. The van der Waals surface area contributed by atoms with Crippen LogP contribution in [-0.4, -0.2) is 33.4 Å². The average molecular weight is 377 g/mol. The third kappa shape index (κ3) is 3.48. The molecule has 2 heterocycles. The molecule has 142 valence electrons. The Morgan fingerprint density at radius 1 is 1.07 bits per heavy atom. The van der Waals surface area contributed by atoms with Gasteiger partial charge in [0.2, 0.25) is 11.8 Å². The van der Waals surface area contributed by atoms with Gasteiger partial charge in [-0.2, -0.15) is 0 Å². The summed E-state index contributed by atoms with van der Waals surface area (Å²) in [5, 5.41) is 11.2. The van der Waals surface area contributed by atoms with Crippen LogP contribution >= 0.6 is 0 Å². The number of fused-ring (bicyclic) bond motifs is 1. The minimum Gasteiger partial charge on any atom is -0.324 e. The average Bonchev–Trinajstić information content (AvgIpc) is 3.14. The number of nitrogens with zero attached hydrogens (tertiary/aromatic N) is 4. The monoisotopic (exact) mass is 377 g/mol. The molecule has 3 aromatic rings. The molecule has 1 aliphatic heterocycles. The molecule has 0 bridgehead atoms. The Morgan fingerprint density at radius 2 is 1.86 bits per heavy atom. The van der Waals surface area contributed by atoms with E-state index in [1.54, 1.807) is 41.3 Å². The zero-order valence-electron chi connectivity index (χ0n) is 15.2. The largest absolute Gasteiger partial charge is 0.324 e. The van der Waals surface area contributed by atoms with E-state index in [0.29, 0.717) is 35.2 Å². The molecular formula is C20H19N5O3. The van der Waals surface area contributed by atoms with E-state index in [1.807, 2.05) is 12.1 Å². The van der Waals surface area contributed by atoms with Crippen molar-refractivity contribution >= 4 is 34.1 Å². The van der Waals surface area contributed by atoms with Crippen molar-refractivity contribution in [1.29, 1.82) is 0 Å². The Bertz CT molecular complexity index is 1110. The van der Waals surface area contributed by atoms with Crippen molar-refractivity contribution < 1.29 is 9.59 Å². The van der Waals surface area contributed by atoms with Crippen LogP contribution in [0.1, 0.15) is 19.3 Å². The molecule has 28 heavy (non-hydrogen) atoms. The first kappa shape index (κ1) is 17.8. The van der Waals surface area contributed by atoms with Gasteiger partial charge in [-0.15, -0.1) is 5.10 Å². The molecule has 0 unspecified atom stereocenters. The van der Waals surface area contributed by atoms with Crippen LogP contribution < -0.4 is 15.8 Å². The fourth-order valence-electron chi connectivity index (χ4n) is 3.31. The second kappa shape index (κ2) is 7.59. The summed E-state index contributed by atoms with van der Waals surface area (Å²) >= 11 is 0. The summed E-state index contributed by atoms with van der Waals surface area (Å²) in [6, 6.07) is 14.2. The van der Waals surface area contributed by atoms with E-state index < -0.39 is 0 Å². The van der Waals surface area contributed by atoms with Crippen LogP contribution in [0.3, 0.4) is 0 Å². The Labute approximate surface area is 160 Å². The molecule has 0 radical (unpaired) electrons. The van der Waals surface area contributed by atoms with E-state index in [2.05, 4.69) is 15.6 Å². The molecule has 4 rings (SSSR count). The maximum Gasteiger partial charge on any atom is 0.277 e. The highest BCUT2D eigenvalue weighted by atomic mass is 16.2. The molecule has 1 aliphatic rings.